The Morgan fingerprint density at radius 3 is 2.81 bits per heavy atom. The summed E-state index contributed by atoms with van der Waals surface area (Å²) in [5.41, 5.74) is 5.34. The standard InChI is InChI=1S/C18H23N3O6/c1-18(2,3)27-16(22)10-20-14(9-19)17(23)12-6-7-26-15-5-4-11(21(24)25)8-13(12)15/h4-5,8-10,12,17,23H,6-7,19H2,1-3H3/b14-9-,20-10?. The first kappa shape index (κ1) is 20.4. The molecule has 3 N–H and O–H groups in total. The fraction of sp³-hybridized carbons (Fsp3) is 0.444. The largest absolute Gasteiger partial charge is 0.493 e. The second-order valence-corrected chi connectivity index (χ2v) is 7.05. The van der Waals surface area contributed by atoms with Crippen molar-refractivity contribution in [1.29, 1.82) is 0 Å². The molecule has 1 aliphatic rings. The van der Waals surface area contributed by atoms with Crippen LogP contribution in [0.25, 0.3) is 0 Å². The van der Waals surface area contributed by atoms with Gasteiger partial charge in [0.15, 0.2) is 0 Å². The van der Waals surface area contributed by atoms with Crippen LogP contribution in [0.3, 0.4) is 0 Å². The molecule has 1 aromatic carbocycles. The van der Waals surface area contributed by atoms with Crippen LogP contribution in [0.1, 0.15) is 38.7 Å². The molecule has 1 heterocycles. The van der Waals surface area contributed by atoms with Gasteiger partial charge in [0.05, 0.1) is 17.2 Å². The molecule has 1 aromatic rings. The molecule has 27 heavy (non-hydrogen) atoms. The summed E-state index contributed by atoms with van der Waals surface area (Å²) in [6.07, 6.45) is 1.28. The average Bonchev–Trinajstić information content (AvgIpc) is 2.59. The number of nitro benzene ring substituents is 1. The molecule has 0 bridgehead atoms. The molecule has 9 heteroatoms. The molecular formula is C18H23N3O6. The zero-order valence-corrected chi connectivity index (χ0v) is 15.4. The molecule has 0 amide bonds. The number of carbonyl (C=O) groups excluding carboxylic acids is 1. The Labute approximate surface area is 156 Å². The number of rotatable bonds is 5. The van der Waals surface area contributed by atoms with Gasteiger partial charge in [0.1, 0.15) is 23.7 Å². The highest BCUT2D eigenvalue weighted by molar-refractivity contribution is 6.23. The Bertz CT molecular complexity index is 782. The van der Waals surface area contributed by atoms with Crippen molar-refractivity contribution in [1.82, 2.24) is 0 Å². The van der Waals surface area contributed by atoms with Crippen molar-refractivity contribution in [3.63, 3.8) is 0 Å². The Hall–Kier alpha value is -2.94. The number of aliphatic hydroxyl groups is 1. The molecule has 0 saturated carbocycles. The predicted molar refractivity (Wildman–Crippen MR) is 98.6 cm³/mol. The normalized spacial score (nSPS) is 18.5. The molecular weight excluding hydrogens is 354 g/mol. The summed E-state index contributed by atoms with van der Waals surface area (Å²) in [4.78, 5) is 26.2. The van der Waals surface area contributed by atoms with Crippen molar-refractivity contribution in [2.24, 2.45) is 10.7 Å². The molecule has 2 atom stereocenters. The van der Waals surface area contributed by atoms with Gasteiger partial charge in [-0.2, -0.15) is 0 Å². The zero-order chi connectivity index (χ0) is 20.2. The molecule has 2 unspecified atom stereocenters. The number of carbonyl (C=O) groups is 1. The fourth-order valence-electron chi connectivity index (χ4n) is 2.73. The van der Waals surface area contributed by atoms with E-state index in [-0.39, 0.29) is 11.4 Å². The molecule has 0 aromatic heterocycles. The van der Waals surface area contributed by atoms with E-state index in [0.717, 1.165) is 12.4 Å². The quantitative estimate of drug-likeness (QED) is 0.346. The number of non-ortho nitro benzene ring substituents is 1. The second-order valence-electron chi connectivity index (χ2n) is 7.05. The van der Waals surface area contributed by atoms with E-state index < -0.39 is 28.5 Å². The highest BCUT2D eigenvalue weighted by Gasteiger charge is 2.31. The van der Waals surface area contributed by atoms with E-state index in [1.165, 1.54) is 18.2 Å². The number of hydrogen-bond acceptors (Lipinski definition) is 8. The molecule has 9 nitrogen and oxygen atoms in total. The molecule has 1 aliphatic heterocycles. The molecule has 146 valence electrons. The molecule has 0 radical (unpaired) electrons. The van der Waals surface area contributed by atoms with Gasteiger partial charge in [-0.1, -0.05) is 0 Å². The summed E-state index contributed by atoms with van der Waals surface area (Å²) >= 11 is 0. The van der Waals surface area contributed by atoms with Crippen molar-refractivity contribution in [3.05, 3.63) is 45.8 Å². The van der Waals surface area contributed by atoms with Gasteiger partial charge in [-0.25, -0.2) is 9.79 Å². The van der Waals surface area contributed by atoms with Crippen molar-refractivity contribution in [2.45, 2.75) is 44.8 Å². The SMILES string of the molecule is CC(C)(C)OC(=O)C=N/C(=C\N)C(O)C1CCOc2ccc([N+](=O)[O-])cc21. The van der Waals surface area contributed by atoms with Crippen molar-refractivity contribution in [3.8, 4) is 5.75 Å². The third kappa shape index (κ3) is 5.27. The molecule has 0 aliphatic carbocycles. The lowest BCUT2D eigenvalue weighted by molar-refractivity contribution is -0.385. The Morgan fingerprint density at radius 2 is 2.22 bits per heavy atom. The van der Waals surface area contributed by atoms with Gasteiger partial charge in [0, 0.05) is 29.8 Å². The van der Waals surface area contributed by atoms with E-state index in [1.807, 2.05) is 0 Å². The Morgan fingerprint density at radius 1 is 1.52 bits per heavy atom. The van der Waals surface area contributed by atoms with Crippen LogP contribution in [0, 0.1) is 10.1 Å². The fourth-order valence-corrected chi connectivity index (χ4v) is 2.73. The number of nitrogens with zero attached hydrogens (tertiary/aromatic N) is 2. The third-order valence-corrected chi connectivity index (χ3v) is 3.87. The smallest absolute Gasteiger partial charge is 0.349 e. The zero-order valence-electron chi connectivity index (χ0n) is 15.4. The van der Waals surface area contributed by atoms with Crippen LogP contribution in [0.2, 0.25) is 0 Å². The van der Waals surface area contributed by atoms with Crippen LogP contribution in [0.15, 0.2) is 35.1 Å². The van der Waals surface area contributed by atoms with Crippen LogP contribution in [0.5, 0.6) is 5.75 Å². The maximum atomic E-state index is 11.8. The lowest BCUT2D eigenvalue weighted by Gasteiger charge is -2.29. The maximum absolute atomic E-state index is 11.8. The summed E-state index contributed by atoms with van der Waals surface area (Å²) in [5, 5.41) is 21.8. The summed E-state index contributed by atoms with van der Waals surface area (Å²) in [5.74, 6) is -0.723. The number of aliphatic hydroxyl groups excluding tert-OH is 1. The number of nitro groups is 1. The number of ether oxygens (including phenoxy) is 2. The summed E-state index contributed by atoms with van der Waals surface area (Å²) in [6, 6.07) is 4.21. The van der Waals surface area contributed by atoms with E-state index >= 15 is 0 Å². The number of nitrogens with two attached hydrogens (primary N) is 1. The topological polar surface area (TPSA) is 137 Å². The lowest BCUT2D eigenvalue weighted by atomic mass is 9.86. The highest BCUT2D eigenvalue weighted by atomic mass is 16.6. The maximum Gasteiger partial charge on any atom is 0.349 e. The summed E-state index contributed by atoms with van der Waals surface area (Å²) in [7, 11) is 0. The van der Waals surface area contributed by atoms with Gasteiger partial charge >= 0.3 is 5.97 Å². The van der Waals surface area contributed by atoms with Crippen molar-refractivity contribution in [2.75, 3.05) is 6.61 Å². The highest BCUT2D eigenvalue weighted by Crippen LogP contribution is 2.39. The second kappa shape index (κ2) is 8.17. The molecule has 0 saturated heterocycles. The van der Waals surface area contributed by atoms with E-state index in [0.29, 0.717) is 24.3 Å². The van der Waals surface area contributed by atoms with Gasteiger partial charge < -0.3 is 20.3 Å². The minimum absolute atomic E-state index is 0.0604. The predicted octanol–water partition coefficient (Wildman–Crippen LogP) is 2.03. The Balaban J connectivity index is 2.24. The minimum Gasteiger partial charge on any atom is -0.493 e. The van der Waals surface area contributed by atoms with Gasteiger partial charge in [-0.3, -0.25) is 10.1 Å². The van der Waals surface area contributed by atoms with Gasteiger partial charge in [-0.15, -0.1) is 0 Å². The van der Waals surface area contributed by atoms with E-state index in [1.54, 1.807) is 20.8 Å². The Kier molecular flexibility index (Phi) is 6.17. The van der Waals surface area contributed by atoms with Crippen LogP contribution in [0.4, 0.5) is 5.69 Å². The van der Waals surface area contributed by atoms with E-state index in [4.69, 9.17) is 15.2 Å². The number of benzene rings is 1. The summed E-state index contributed by atoms with van der Waals surface area (Å²) in [6.45, 7) is 5.50. The summed E-state index contributed by atoms with van der Waals surface area (Å²) < 4.78 is 10.6. The number of aliphatic imine (C=N–C) groups is 1. The van der Waals surface area contributed by atoms with Crippen LogP contribution < -0.4 is 10.5 Å². The first-order valence-electron chi connectivity index (χ1n) is 8.40. The number of hydrogen-bond donors (Lipinski definition) is 2. The van der Waals surface area contributed by atoms with Gasteiger partial charge in [0.2, 0.25) is 0 Å². The first-order chi connectivity index (χ1) is 12.6. The first-order valence-corrected chi connectivity index (χ1v) is 8.40. The molecule has 2 rings (SSSR count). The number of fused-ring (bicyclic) bond motifs is 1. The van der Waals surface area contributed by atoms with Crippen LogP contribution in [-0.4, -0.2) is 40.5 Å². The van der Waals surface area contributed by atoms with Gasteiger partial charge in [0.25, 0.3) is 5.69 Å². The van der Waals surface area contributed by atoms with Crippen LogP contribution in [-0.2, 0) is 9.53 Å². The molecule has 0 spiro atoms. The van der Waals surface area contributed by atoms with Crippen LogP contribution >= 0.6 is 0 Å². The van der Waals surface area contributed by atoms with Crippen molar-refractivity contribution >= 4 is 17.9 Å². The monoisotopic (exact) mass is 377 g/mol. The third-order valence-electron chi connectivity index (χ3n) is 3.87. The lowest BCUT2D eigenvalue weighted by Crippen LogP contribution is -2.27. The molecule has 0 fully saturated rings. The minimum atomic E-state index is -1.17. The van der Waals surface area contributed by atoms with E-state index in [2.05, 4.69) is 4.99 Å². The van der Waals surface area contributed by atoms with Gasteiger partial charge in [-0.05, 0) is 33.3 Å². The number of esters is 1. The van der Waals surface area contributed by atoms with E-state index in [9.17, 15) is 20.0 Å². The van der Waals surface area contributed by atoms with Crippen molar-refractivity contribution < 1.29 is 24.3 Å². The average molecular weight is 377 g/mol.